The van der Waals surface area contributed by atoms with E-state index in [4.69, 9.17) is 0 Å². The zero-order valence-electron chi connectivity index (χ0n) is 10.8. The summed E-state index contributed by atoms with van der Waals surface area (Å²) in [5.74, 6) is 0. The molecule has 1 aromatic heterocycles. The molecule has 0 saturated carbocycles. The van der Waals surface area contributed by atoms with E-state index < -0.39 is 10.0 Å². The number of hydrogen-bond acceptors (Lipinski definition) is 3. The summed E-state index contributed by atoms with van der Waals surface area (Å²) in [4.78, 5) is 4.37. The summed E-state index contributed by atoms with van der Waals surface area (Å²) >= 11 is 6.53. The van der Waals surface area contributed by atoms with Gasteiger partial charge in [0.05, 0.1) is 11.4 Å². The lowest BCUT2D eigenvalue weighted by Gasteiger charge is -2.11. The number of halogens is 2. The van der Waals surface area contributed by atoms with Gasteiger partial charge in [-0.15, -0.1) is 0 Å². The quantitative estimate of drug-likeness (QED) is 0.764. The Labute approximate surface area is 134 Å². The van der Waals surface area contributed by atoms with Crippen molar-refractivity contribution in [1.29, 1.82) is 0 Å². The minimum Gasteiger partial charge on any atom is -0.278 e. The third-order valence-corrected chi connectivity index (χ3v) is 5.46. The minimum absolute atomic E-state index is 0.199. The van der Waals surface area contributed by atoms with E-state index in [1.807, 2.05) is 6.92 Å². The van der Waals surface area contributed by atoms with E-state index in [1.54, 1.807) is 37.3 Å². The molecular formula is C13H12Br2N2O2S. The van der Waals surface area contributed by atoms with Gasteiger partial charge in [-0.2, -0.15) is 0 Å². The zero-order valence-corrected chi connectivity index (χ0v) is 14.8. The number of aryl methyl sites for hydroxylation is 2. The standard InChI is InChI=1S/C13H12Br2N2O2S/c1-8-3-5-12(10(14)7-8)20(18,19)17-11-4-6-13(15)16-9(11)2/h3-7,17H,1-2H3. The number of benzene rings is 1. The predicted molar refractivity (Wildman–Crippen MR) is 86.4 cm³/mol. The van der Waals surface area contributed by atoms with E-state index in [-0.39, 0.29) is 4.90 Å². The number of anilines is 1. The minimum atomic E-state index is -3.65. The van der Waals surface area contributed by atoms with Crippen molar-refractivity contribution in [1.82, 2.24) is 4.98 Å². The van der Waals surface area contributed by atoms with Crippen molar-refractivity contribution in [2.75, 3.05) is 4.72 Å². The predicted octanol–water partition coefficient (Wildman–Crippen LogP) is 4.02. The van der Waals surface area contributed by atoms with E-state index in [9.17, 15) is 8.42 Å². The first-order chi connectivity index (χ1) is 9.29. The highest BCUT2D eigenvalue weighted by Gasteiger charge is 2.18. The first-order valence-electron chi connectivity index (χ1n) is 5.72. The Balaban J connectivity index is 2.41. The van der Waals surface area contributed by atoms with Gasteiger partial charge >= 0.3 is 0 Å². The van der Waals surface area contributed by atoms with Crippen molar-refractivity contribution in [2.24, 2.45) is 0 Å². The smallest absolute Gasteiger partial charge is 0.263 e. The van der Waals surface area contributed by atoms with Gasteiger partial charge in [-0.1, -0.05) is 6.07 Å². The Morgan fingerprint density at radius 3 is 2.40 bits per heavy atom. The van der Waals surface area contributed by atoms with Gasteiger partial charge in [0.1, 0.15) is 9.50 Å². The third kappa shape index (κ3) is 3.39. The van der Waals surface area contributed by atoms with Gasteiger partial charge in [-0.3, -0.25) is 4.72 Å². The monoisotopic (exact) mass is 418 g/mol. The molecular weight excluding hydrogens is 408 g/mol. The second kappa shape index (κ2) is 5.83. The average Bonchev–Trinajstić information content (AvgIpc) is 2.32. The highest BCUT2D eigenvalue weighted by atomic mass is 79.9. The summed E-state index contributed by atoms with van der Waals surface area (Å²) < 4.78 is 28.5. The molecule has 0 atom stereocenters. The first-order valence-corrected chi connectivity index (χ1v) is 8.78. The molecule has 1 N–H and O–H groups in total. The van der Waals surface area contributed by atoms with Crippen LogP contribution in [-0.2, 0) is 10.0 Å². The third-order valence-electron chi connectivity index (χ3n) is 2.67. The Bertz CT molecular complexity index is 761. The van der Waals surface area contributed by atoms with E-state index in [0.717, 1.165) is 5.56 Å². The van der Waals surface area contributed by atoms with E-state index in [0.29, 0.717) is 20.5 Å². The van der Waals surface area contributed by atoms with Crippen LogP contribution < -0.4 is 4.72 Å². The van der Waals surface area contributed by atoms with Crippen molar-refractivity contribution >= 4 is 47.6 Å². The van der Waals surface area contributed by atoms with Gasteiger partial charge in [0.15, 0.2) is 0 Å². The van der Waals surface area contributed by atoms with E-state index >= 15 is 0 Å². The van der Waals surface area contributed by atoms with Crippen LogP contribution in [0.25, 0.3) is 0 Å². The molecule has 0 aliphatic carbocycles. The molecule has 2 rings (SSSR count). The molecule has 7 heteroatoms. The lowest BCUT2D eigenvalue weighted by atomic mass is 10.2. The number of sulfonamides is 1. The molecule has 0 unspecified atom stereocenters. The van der Waals surface area contributed by atoms with Crippen LogP contribution in [0.15, 0.2) is 44.3 Å². The van der Waals surface area contributed by atoms with E-state index in [2.05, 4.69) is 41.6 Å². The Morgan fingerprint density at radius 1 is 1.10 bits per heavy atom. The van der Waals surface area contributed by atoms with Gasteiger partial charge in [0, 0.05) is 4.47 Å². The largest absolute Gasteiger partial charge is 0.278 e. The molecule has 0 amide bonds. The Hall–Kier alpha value is -0.920. The second-order valence-electron chi connectivity index (χ2n) is 4.31. The Morgan fingerprint density at radius 2 is 1.80 bits per heavy atom. The highest BCUT2D eigenvalue weighted by Crippen LogP contribution is 2.26. The van der Waals surface area contributed by atoms with Crippen molar-refractivity contribution in [3.05, 3.63) is 50.7 Å². The molecule has 0 bridgehead atoms. The number of rotatable bonds is 3. The van der Waals surface area contributed by atoms with Crippen molar-refractivity contribution < 1.29 is 8.42 Å². The van der Waals surface area contributed by atoms with Gasteiger partial charge in [-0.05, 0) is 75.5 Å². The number of pyridine rings is 1. The van der Waals surface area contributed by atoms with E-state index in [1.165, 1.54) is 0 Å². The SMILES string of the molecule is Cc1ccc(S(=O)(=O)Nc2ccc(Br)nc2C)c(Br)c1. The number of aromatic nitrogens is 1. The number of nitrogens with zero attached hydrogens (tertiary/aromatic N) is 1. The fraction of sp³-hybridized carbons (Fsp3) is 0.154. The molecule has 0 spiro atoms. The van der Waals surface area contributed by atoms with Crippen LogP contribution in [0.1, 0.15) is 11.3 Å². The molecule has 1 heterocycles. The summed E-state index contributed by atoms with van der Waals surface area (Å²) in [7, 11) is -3.65. The topological polar surface area (TPSA) is 59.1 Å². The summed E-state index contributed by atoms with van der Waals surface area (Å²) in [6.45, 7) is 3.64. The molecule has 0 radical (unpaired) electrons. The lowest BCUT2D eigenvalue weighted by molar-refractivity contribution is 0.600. The first kappa shape index (κ1) is 15.5. The summed E-state index contributed by atoms with van der Waals surface area (Å²) in [5.41, 5.74) is 2.05. The number of hydrogen-bond donors (Lipinski definition) is 1. The van der Waals surface area contributed by atoms with Gasteiger partial charge in [-0.25, -0.2) is 13.4 Å². The second-order valence-corrected chi connectivity index (χ2v) is 7.62. The van der Waals surface area contributed by atoms with Crippen LogP contribution >= 0.6 is 31.9 Å². The molecule has 0 aliphatic heterocycles. The summed E-state index contributed by atoms with van der Waals surface area (Å²) in [6, 6.07) is 8.46. The van der Waals surface area contributed by atoms with Gasteiger partial charge in [0.25, 0.3) is 10.0 Å². The van der Waals surface area contributed by atoms with Gasteiger partial charge in [0.2, 0.25) is 0 Å². The number of nitrogens with one attached hydrogen (secondary N) is 1. The molecule has 2 aromatic rings. The van der Waals surface area contributed by atoms with Gasteiger partial charge < -0.3 is 0 Å². The van der Waals surface area contributed by atoms with Crippen LogP contribution in [0.5, 0.6) is 0 Å². The van der Waals surface area contributed by atoms with Crippen LogP contribution in [0, 0.1) is 13.8 Å². The van der Waals surface area contributed by atoms with Crippen LogP contribution in [0.3, 0.4) is 0 Å². The maximum absolute atomic E-state index is 12.4. The molecule has 106 valence electrons. The van der Waals surface area contributed by atoms with Crippen LogP contribution in [0.4, 0.5) is 5.69 Å². The van der Waals surface area contributed by atoms with Crippen molar-refractivity contribution in [3.8, 4) is 0 Å². The molecule has 1 aromatic carbocycles. The van der Waals surface area contributed by atoms with Crippen LogP contribution in [-0.4, -0.2) is 13.4 Å². The normalized spacial score (nSPS) is 11.4. The molecule has 0 fully saturated rings. The zero-order chi connectivity index (χ0) is 14.9. The van der Waals surface area contributed by atoms with Crippen molar-refractivity contribution in [2.45, 2.75) is 18.7 Å². The Kier molecular flexibility index (Phi) is 4.51. The fourth-order valence-corrected chi connectivity index (χ4v) is 4.37. The summed E-state index contributed by atoms with van der Waals surface area (Å²) in [5, 5.41) is 0. The molecule has 0 saturated heterocycles. The summed E-state index contributed by atoms with van der Waals surface area (Å²) in [6.07, 6.45) is 0. The maximum Gasteiger partial charge on any atom is 0.263 e. The molecule has 20 heavy (non-hydrogen) atoms. The van der Waals surface area contributed by atoms with Crippen molar-refractivity contribution in [3.63, 3.8) is 0 Å². The average molecular weight is 420 g/mol. The highest BCUT2D eigenvalue weighted by molar-refractivity contribution is 9.10. The molecule has 4 nitrogen and oxygen atoms in total. The molecule has 0 aliphatic rings. The fourth-order valence-electron chi connectivity index (χ4n) is 1.66. The lowest BCUT2D eigenvalue weighted by Crippen LogP contribution is -2.14. The maximum atomic E-state index is 12.4. The van der Waals surface area contributed by atoms with Crippen LogP contribution in [0.2, 0.25) is 0 Å².